The van der Waals surface area contributed by atoms with E-state index < -0.39 is 35.0 Å². The number of halogens is 3. The Morgan fingerprint density at radius 2 is 1.87 bits per heavy atom. The number of aromatic amines is 2. The zero-order valence-electron chi connectivity index (χ0n) is 19.9. The second-order valence-corrected chi connectivity index (χ2v) is 9.03. The fourth-order valence-electron chi connectivity index (χ4n) is 4.43. The van der Waals surface area contributed by atoms with E-state index in [1.54, 1.807) is 18.2 Å². The van der Waals surface area contributed by atoms with Crippen molar-refractivity contribution in [2.75, 3.05) is 19.8 Å². The minimum atomic E-state index is -1.60. The van der Waals surface area contributed by atoms with Gasteiger partial charge in [-0.2, -0.15) is 0 Å². The molecule has 1 unspecified atom stereocenters. The molecule has 1 fully saturated rings. The molecule has 0 spiro atoms. The molecule has 38 heavy (non-hydrogen) atoms. The monoisotopic (exact) mass is 528 g/mol. The first-order valence-corrected chi connectivity index (χ1v) is 11.8. The summed E-state index contributed by atoms with van der Waals surface area (Å²) >= 11 is 0. The number of carbonyl (C=O) groups excluding carboxylic acids is 1. The van der Waals surface area contributed by atoms with Gasteiger partial charge in [0.1, 0.15) is 17.9 Å². The number of amides is 1. The third-order valence-electron chi connectivity index (χ3n) is 6.43. The van der Waals surface area contributed by atoms with Crippen LogP contribution in [0.2, 0.25) is 0 Å². The average Bonchev–Trinajstić information content (AvgIpc) is 3.55. The lowest BCUT2D eigenvalue weighted by Gasteiger charge is -2.24. The number of H-pyrrole nitrogens is 2. The maximum atomic E-state index is 13.6. The summed E-state index contributed by atoms with van der Waals surface area (Å²) in [5.41, 5.74) is 0.0285. The number of imidazole rings is 1. The molecule has 4 aromatic rings. The van der Waals surface area contributed by atoms with Gasteiger partial charge in [0.15, 0.2) is 17.5 Å². The highest BCUT2D eigenvalue weighted by atomic mass is 19.2. The number of carbonyl (C=O) groups is 1. The molecule has 9 nitrogen and oxygen atoms in total. The van der Waals surface area contributed by atoms with Crippen LogP contribution in [0.3, 0.4) is 0 Å². The van der Waals surface area contributed by atoms with Gasteiger partial charge in [-0.3, -0.25) is 9.59 Å². The van der Waals surface area contributed by atoms with Gasteiger partial charge in [-0.25, -0.2) is 18.0 Å². The molecule has 1 aliphatic rings. The molecule has 1 amide bonds. The molecule has 2 atom stereocenters. The van der Waals surface area contributed by atoms with E-state index in [0.717, 1.165) is 16.7 Å². The number of benzene rings is 2. The van der Waals surface area contributed by atoms with Crippen LogP contribution in [0.1, 0.15) is 22.3 Å². The molecule has 2 aromatic heterocycles. The smallest absolute Gasteiger partial charge is 0.323 e. The SMILES string of the molecule is O=C(N[C@H](COc1ccc2[nH]c(=O)[nH]c2c1)C1CCOC1)c1cccn(Cc2cc(F)c(F)c(F)c2)c1=O. The zero-order valence-corrected chi connectivity index (χ0v) is 19.9. The van der Waals surface area contributed by atoms with Crippen molar-refractivity contribution in [1.82, 2.24) is 19.9 Å². The highest BCUT2D eigenvalue weighted by molar-refractivity contribution is 5.94. The van der Waals surface area contributed by atoms with Gasteiger partial charge in [-0.05, 0) is 48.4 Å². The van der Waals surface area contributed by atoms with Gasteiger partial charge in [0.2, 0.25) is 0 Å². The van der Waals surface area contributed by atoms with Crippen molar-refractivity contribution in [3.63, 3.8) is 0 Å². The van der Waals surface area contributed by atoms with Crippen LogP contribution in [0, 0.1) is 23.4 Å². The van der Waals surface area contributed by atoms with Crippen LogP contribution in [-0.2, 0) is 11.3 Å². The van der Waals surface area contributed by atoms with Crippen molar-refractivity contribution in [1.29, 1.82) is 0 Å². The Kier molecular flexibility index (Phi) is 7.05. The van der Waals surface area contributed by atoms with Gasteiger partial charge in [0.05, 0.1) is 30.2 Å². The van der Waals surface area contributed by atoms with Crippen molar-refractivity contribution in [3.8, 4) is 5.75 Å². The van der Waals surface area contributed by atoms with Crippen LogP contribution in [-0.4, -0.2) is 46.3 Å². The topological polar surface area (TPSA) is 118 Å². The highest BCUT2D eigenvalue weighted by Crippen LogP contribution is 2.21. The Bertz CT molecular complexity index is 1580. The van der Waals surface area contributed by atoms with Gasteiger partial charge in [0.25, 0.3) is 11.5 Å². The molecule has 12 heteroatoms. The van der Waals surface area contributed by atoms with Crippen LogP contribution >= 0.6 is 0 Å². The van der Waals surface area contributed by atoms with Crippen LogP contribution < -0.4 is 21.3 Å². The van der Waals surface area contributed by atoms with E-state index in [2.05, 4.69) is 15.3 Å². The molecule has 3 N–H and O–H groups in total. The number of nitrogens with zero attached hydrogens (tertiary/aromatic N) is 1. The summed E-state index contributed by atoms with van der Waals surface area (Å²) in [6.07, 6.45) is 2.05. The summed E-state index contributed by atoms with van der Waals surface area (Å²) < 4.78 is 53.0. The van der Waals surface area contributed by atoms with E-state index in [9.17, 15) is 27.6 Å². The van der Waals surface area contributed by atoms with E-state index >= 15 is 0 Å². The summed E-state index contributed by atoms with van der Waals surface area (Å²) in [5.74, 6) is -4.57. The van der Waals surface area contributed by atoms with Crippen LogP contribution in [0.5, 0.6) is 5.75 Å². The first-order chi connectivity index (χ1) is 18.3. The van der Waals surface area contributed by atoms with E-state index in [-0.39, 0.29) is 35.9 Å². The first kappa shape index (κ1) is 25.3. The molecule has 5 rings (SSSR count). The summed E-state index contributed by atoms with van der Waals surface area (Å²) in [7, 11) is 0. The van der Waals surface area contributed by atoms with Crippen molar-refractivity contribution >= 4 is 16.9 Å². The van der Waals surface area contributed by atoms with E-state index in [4.69, 9.17) is 9.47 Å². The summed E-state index contributed by atoms with van der Waals surface area (Å²) in [6, 6.07) is 8.95. The van der Waals surface area contributed by atoms with Crippen LogP contribution in [0.15, 0.2) is 58.3 Å². The van der Waals surface area contributed by atoms with E-state index in [1.807, 2.05) is 0 Å². The fraction of sp³-hybridized carbons (Fsp3) is 0.269. The summed E-state index contributed by atoms with van der Waals surface area (Å²) in [6.45, 7) is 0.742. The van der Waals surface area contributed by atoms with Gasteiger partial charge in [-0.15, -0.1) is 0 Å². The molecule has 198 valence electrons. The lowest BCUT2D eigenvalue weighted by Crippen LogP contribution is -2.46. The maximum Gasteiger partial charge on any atom is 0.323 e. The Morgan fingerprint density at radius 1 is 1.11 bits per heavy atom. The third kappa shape index (κ3) is 5.35. The second-order valence-electron chi connectivity index (χ2n) is 9.03. The number of rotatable bonds is 8. The van der Waals surface area contributed by atoms with E-state index in [1.165, 1.54) is 18.3 Å². The molecule has 0 aliphatic carbocycles. The van der Waals surface area contributed by atoms with Crippen molar-refractivity contribution in [2.24, 2.45) is 5.92 Å². The zero-order chi connectivity index (χ0) is 26.8. The van der Waals surface area contributed by atoms with Crippen molar-refractivity contribution < 1.29 is 27.4 Å². The molecule has 0 bridgehead atoms. The Labute approximate surface area is 213 Å². The highest BCUT2D eigenvalue weighted by Gasteiger charge is 2.29. The molecule has 3 heterocycles. The van der Waals surface area contributed by atoms with Crippen LogP contribution in [0.25, 0.3) is 11.0 Å². The number of aromatic nitrogens is 3. The lowest BCUT2D eigenvalue weighted by molar-refractivity contribution is 0.0885. The third-order valence-corrected chi connectivity index (χ3v) is 6.43. The number of hydrogen-bond acceptors (Lipinski definition) is 5. The lowest BCUT2D eigenvalue weighted by atomic mass is 9.99. The summed E-state index contributed by atoms with van der Waals surface area (Å²) in [4.78, 5) is 43.0. The number of ether oxygens (including phenoxy) is 2. The number of hydrogen-bond donors (Lipinski definition) is 3. The molecular formula is C26H23F3N4O5. The molecule has 1 aliphatic heterocycles. The van der Waals surface area contributed by atoms with Gasteiger partial charge in [-0.1, -0.05) is 0 Å². The van der Waals surface area contributed by atoms with Gasteiger partial charge < -0.3 is 29.3 Å². The minimum absolute atomic E-state index is 0.0242. The predicted octanol–water partition coefficient (Wildman–Crippen LogP) is 2.70. The number of fused-ring (bicyclic) bond motifs is 1. The standard InChI is InChI=1S/C26H23F3N4O5/c27-18-8-14(9-19(28)23(18)29)11-33-6-1-2-17(25(33)35)24(34)30-22(15-5-7-37-12-15)13-38-16-3-4-20-21(10-16)32-26(36)31-20/h1-4,6,8-10,15,22H,5,7,11-13H2,(H,30,34)(H2,31,32,36)/t15?,22-/m1/s1. The fourth-order valence-corrected chi connectivity index (χ4v) is 4.43. The van der Waals surface area contributed by atoms with Gasteiger partial charge in [0, 0.05) is 24.8 Å². The van der Waals surface area contributed by atoms with Crippen molar-refractivity contribution in [3.05, 3.63) is 98.1 Å². The average molecular weight is 528 g/mol. The Morgan fingerprint density at radius 3 is 2.61 bits per heavy atom. The first-order valence-electron chi connectivity index (χ1n) is 11.8. The van der Waals surface area contributed by atoms with Crippen molar-refractivity contribution in [2.45, 2.75) is 19.0 Å². The molecular weight excluding hydrogens is 505 g/mol. The number of nitrogens with one attached hydrogen (secondary N) is 3. The second kappa shape index (κ2) is 10.6. The Balaban J connectivity index is 1.33. The minimum Gasteiger partial charge on any atom is -0.491 e. The summed E-state index contributed by atoms with van der Waals surface area (Å²) in [5, 5.41) is 2.85. The van der Waals surface area contributed by atoms with Gasteiger partial charge >= 0.3 is 5.69 Å². The maximum absolute atomic E-state index is 13.6. The van der Waals surface area contributed by atoms with Crippen LogP contribution in [0.4, 0.5) is 13.2 Å². The predicted molar refractivity (Wildman–Crippen MR) is 131 cm³/mol. The largest absolute Gasteiger partial charge is 0.491 e. The number of pyridine rings is 1. The van der Waals surface area contributed by atoms with E-state index in [0.29, 0.717) is 36.4 Å². The normalized spacial score (nSPS) is 16.0. The molecule has 0 saturated carbocycles. The Hall–Kier alpha value is -4.32. The molecule has 1 saturated heterocycles. The quantitative estimate of drug-likeness (QED) is 0.304. The molecule has 0 radical (unpaired) electrons. The molecule has 2 aromatic carbocycles.